The summed E-state index contributed by atoms with van der Waals surface area (Å²) in [5.41, 5.74) is 0. The van der Waals surface area contributed by atoms with Crippen molar-refractivity contribution in [3.05, 3.63) is 0 Å². The van der Waals surface area contributed by atoms with Crippen molar-refractivity contribution in [2.45, 2.75) is 44.2 Å². The highest BCUT2D eigenvalue weighted by atomic mass is 15.1. The maximum absolute atomic E-state index is 3.65. The molecule has 0 spiro atoms. The van der Waals surface area contributed by atoms with Crippen LogP contribution in [0, 0.1) is 5.92 Å². The fourth-order valence-corrected chi connectivity index (χ4v) is 2.17. The van der Waals surface area contributed by atoms with Crippen molar-refractivity contribution >= 4 is 0 Å². The third-order valence-corrected chi connectivity index (χ3v) is 3.55. The van der Waals surface area contributed by atoms with Gasteiger partial charge in [-0.25, -0.2) is 0 Å². The van der Waals surface area contributed by atoms with E-state index in [1.807, 2.05) is 0 Å². The van der Waals surface area contributed by atoms with E-state index in [4.69, 9.17) is 0 Å². The van der Waals surface area contributed by atoms with Gasteiger partial charge >= 0.3 is 0 Å². The summed E-state index contributed by atoms with van der Waals surface area (Å²) >= 11 is 0. The number of nitrogens with zero attached hydrogens (tertiary/aromatic N) is 1. The molecule has 0 aromatic heterocycles. The summed E-state index contributed by atoms with van der Waals surface area (Å²) in [6, 6.07) is 1.65. The molecule has 2 heteroatoms. The molecule has 0 heterocycles. The molecule has 1 N–H and O–H groups in total. The number of rotatable bonds is 5. The standard InChI is InChI=1S/C11H22N2/c1-13(2)11(9-4-3-5-9)8-12-10-6-7-10/h9-12H,3-8H2,1-2H3. The Hall–Kier alpha value is -0.0800. The van der Waals surface area contributed by atoms with E-state index in [9.17, 15) is 0 Å². The lowest BCUT2D eigenvalue weighted by atomic mass is 9.79. The topological polar surface area (TPSA) is 15.3 Å². The van der Waals surface area contributed by atoms with Gasteiger partial charge in [-0.05, 0) is 45.7 Å². The van der Waals surface area contributed by atoms with E-state index in [0.717, 1.165) is 18.0 Å². The predicted molar refractivity (Wildman–Crippen MR) is 55.8 cm³/mol. The van der Waals surface area contributed by atoms with Gasteiger partial charge in [0.25, 0.3) is 0 Å². The lowest BCUT2D eigenvalue weighted by Gasteiger charge is -2.38. The third kappa shape index (κ3) is 2.44. The van der Waals surface area contributed by atoms with Crippen molar-refractivity contribution < 1.29 is 0 Å². The van der Waals surface area contributed by atoms with Crippen LogP contribution in [-0.2, 0) is 0 Å². The number of hydrogen-bond acceptors (Lipinski definition) is 2. The van der Waals surface area contributed by atoms with E-state index in [2.05, 4.69) is 24.3 Å². The minimum atomic E-state index is 0.786. The molecule has 76 valence electrons. The second-order valence-corrected chi connectivity index (χ2v) is 4.90. The van der Waals surface area contributed by atoms with E-state index >= 15 is 0 Å². The van der Waals surface area contributed by atoms with E-state index in [1.54, 1.807) is 0 Å². The maximum Gasteiger partial charge on any atom is 0.0242 e. The number of nitrogens with one attached hydrogen (secondary N) is 1. The minimum absolute atomic E-state index is 0.786. The molecular weight excluding hydrogens is 160 g/mol. The van der Waals surface area contributed by atoms with Gasteiger partial charge in [0.15, 0.2) is 0 Å². The van der Waals surface area contributed by atoms with Crippen LogP contribution in [0.1, 0.15) is 32.1 Å². The molecule has 0 aromatic rings. The summed E-state index contributed by atoms with van der Waals surface area (Å²) in [4.78, 5) is 2.40. The van der Waals surface area contributed by atoms with Crippen LogP contribution in [0.2, 0.25) is 0 Å². The van der Waals surface area contributed by atoms with Gasteiger partial charge in [0.2, 0.25) is 0 Å². The van der Waals surface area contributed by atoms with E-state index < -0.39 is 0 Å². The van der Waals surface area contributed by atoms with Gasteiger partial charge in [-0.1, -0.05) is 6.42 Å². The monoisotopic (exact) mass is 182 g/mol. The Balaban J connectivity index is 1.73. The van der Waals surface area contributed by atoms with Crippen LogP contribution < -0.4 is 5.32 Å². The van der Waals surface area contributed by atoms with E-state index in [1.165, 1.54) is 38.6 Å². The normalized spacial score (nSPS) is 26.1. The lowest BCUT2D eigenvalue weighted by Crippen LogP contribution is -2.46. The first-order valence-corrected chi connectivity index (χ1v) is 5.67. The highest BCUT2D eigenvalue weighted by Crippen LogP contribution is 2.31. The molecule has 2 rings (SSSR count). The average molecular weight is 182 g/mol. The molecule has 1 atom stereocenters. The molecule has 1 unspecified atom stereocenters. The Morgan fingerprint density at radius 2 is 1.92 bits per heavy atom. The molecule has 0 aromatic carbocycles. The van der Waals surface area contributed by atoms with Crippen molar-refractivity contribution in [1.29, 1.82) is 0 Å². The van der Waals surface area contributed by atoms with E-state index in [0.29, 0.717) is 0 Å². The largest absolute Gasteiger partial charge is 0.312 e. The van der Waals surface area contributed by atoms with Crippen LogP contribution in [0.3, 0.4) is 0 Å². The molecule has 2 fully saturated rings. The molecule has 0 saturated heterocycles. The molecule has 0 radical (unpaired) electrons. The highest BCUT2D eigenvalue weighted by Gasteiger charge is 2.30. The SMILES string of the molecule is CN(C)C(CNC1CC1)C1CCC1. The first kappa shape index (κ1) is 9.47. The zero-order valence-electron chi connectivity index (χ0n) is 8.92. The van der Waals surface area contributed by atoms with Crippen molar-refractivity contribution in [2.75, 3.05) is 20.6 Å². The third-order valence-electron chi connectivity index (χ3n) is 3.55. The molecule has 0 bridgehead atoms. The van der Waals surface area contributed by atoms with Gasteiger partial charge in [0, 0.05) is 18.6 Å². The van der Waals surface area contributed by atoms with Crippen molar-refractivity contribution in [2.24, 2.45) is 5.92 Å². The van der Waals surface area contributed by atoms with Crippen LogP contribution >= 0.6 is 0 Å². The van der Waals surface area contributed by atoms with Crippen molar-refractivity contribution in [3.63, 3.8) is 0 Å². The Morgan fingerprint density at radius 3 is 2.31 bits per heavy atom. The first-order valence-electron chi connectivity index (χ1n) is 5.67. The van der Waals surface area contributed by atoms with Crippen LogP contribution in [0.5, 0.6) is 0 Å². The van der Waals surface area contributed by atoms with Gasteiger partial charge in [-0.3, -0.25) is 0 Å². The summed E-state index contributed by atoms with van der Waals surface area (Å²) < 4.78 is 0. The van der Waals surface area contributed by atoms with Crippen LogP contribution in [0.15, 0.2) is 0 Å². The maximum atomic E-state index is 3.65. The number of likely N-dealkylation sites (N-methyl/N-ethyl adjacent to an activating group) is 1. The van der Waals surface area contributed by atoms with Gasteiger partial charge in [0.1, 0.15) is 0 Å². The molecule has 2 aliphatic rings. The highest BCUT2D eigenvalue weighted by molar-refractivity contribution is 4.88. The lowest BCUT2D eigenvalue weighted by molar-refractivity contribution is 0.138. The molecule has 0 amide bonds. The van der Waals surface area contributed by atoms with Crippen LogP contribution in [-0.4, -0.2) is 37.6 Å². The Kier molecular flexibility index (Phi) is 2.89. The van der Waals surface area contributed by atoms with Gasteiger partial charge in [-0.2, -0.15) is 0 Å². The molecule has 0 aliphatic heterocycles. The minimum Gasteiger partial charge on any atom is -0.312 e. The second kappa shape index (κ2) is 3.97. The summed E-state index contributed by atoms with van der Waals surface area (Å²) in [5, 5.41) is 3.65. The molecule has 2 nitrogen and oxygen atoms in total. The zero-order chi connectivity index (χ0) is 9.26. The fraction of sp³-hybridized carbons (Fsp3) is 1.00. The summed E-state index contributed by atoms with van der Waals surface area (Å²) in [5.74, 6) is 0.973. The molecule has 13 heavy (non-hydrogen) atoms. The molecular formula is C11H22N2. The Labute approximate surface area is 81.7 Å². The van der Waals surface area contributed by atoms with Crippen LogP contribution in [0.25, 0.3) is 0 Å². The Morgan fingerprint density at radius 1 is 1.23 bits per heavy atom. The summed E-state index contributed by atoms with van der Waals surface area (Å²) in [6.45, 7) is 1.21. The second-order valence-electron chi connectivity index (χ2n) is 4.90. The number of hydrogen-bond donors (Lipinski definition) is 1. The fourth-order valence-electron chi connectivity index (χ4n) is 2.17. The Bertz CT molecular complexity index is 159. The van der Waals surface area contributed by atoms with Gasteiger partial charge in [0.05, 0.1) is 0 Å². The average Bonchev–Trinajstić information content (AvgIpc) is 2.75. The van der Waals surface area contributed by atoms with E-state index in [-0.39, 0.29) is 0 Å². The molecule has 2 saturated carbocycles. The zero-order valence-corrected chi connectivity index (χ0v) is 8.92. The first-order chi connectivity index (χ1) is 6.27. The summed E-state index contributed by atoms with van der Waals surface area (Å²) in [6.07, 6.45) is 7.18. The molecule has 2 aliphatic carbocycles. The smallest absolute Gasteiger partial charge is 0.0242 e. The van der Waals surface area contributed by atoms with Crippen LogP contribution in [0.4, 0.5) is 0 Å². The van der Waals surface area contributed by atoms with Gasteiger partial charge < -0.3 is 10.2 Å². The van der Waals surface area contributed by atoms with Gasteiger partial charge in [-0.15, -0.1) is 0 Å². The van der Waals surface area contributed by atoms with Crippen molar-refractivity contribution in [3.8, 4) is 0 Å². The van der Waals surface area contributed by atoms with Crippen molar-refractivity contribution in [1.82, 2.24) is 10.2 Å². The predicted octanol–water partition coefficient (Wildman–Crippen LogP) is 1.47. The summed E-state index contributed by atoms with van der Waals surface area (Å²) in [7, 11) is 4.44. The quantitative estimate of drug-likeness (QED) is 0.692.